The number of aromatic hydroxyl groups is 2. The third kappa shape index (κ3) is 5.84. The highest BCUT2D eigenvalue weighted by atomic mass is 16.5. The Balaban J connectivity index is 1.51. The van der Waals surface area contributed by atoms with Gasteiger partial charge in [0.05, 0.1) is 0 Å². The van der Waals surface area contributed by atoms with E-state index >= 15 is 0 Å². The molecule has 0 amide bonds. The molecule has 0 aliphatic carbocycles. The number of carbonyl (C=O) groups excluding carboxylic acids is 1. The molecule has 0 bridgehead atoms. The molecule has 0 saturated carbocycles. The summed E-state index contributed by atoms with van der Waals surface area (Å²) < 4.78 is 5.33. The van der Waals surface area contributed by atoms with Crippen molar-refractivity contribution in [2.75, 3.05) is 19.7 Å². The van der Waals surface area contributed by atoms with E-state index in [1.54, 1.807) is 24.3 Å². The van der Waals surface area contributed by atoms with Crippen molar-refractivity contribution in [2.24, 2.45) is 0 Å². The highest BCUT2D eigenvalue weighted by Gasteiger charge is 2.09. The molecule has 5 heteroatoms. The Morgan fingerprint density at radius 2 is 1.80 bits per heavy atom. The first-order chi connectivity index (χ1) is 14.4. The summed E-state index contributed by atoms with van der Waals surface area (Å²) in [7, 11) is 0. The van der Waals surface area contributed by atoms with Crippen LogP contribution in [0.1, 0.15) is 23.6 Å². The Morgan fingerprint density at radius 3 is 2.60 bits per heavy atom. The minimum absolute atomic E-state index is 0.230. The number of esters is 1. The molecule has 3 aromatic carbocycles. The molecule has 0 unspecified atom stereocenters. The number of nitrogens with zero attached hydrogens (tertiary/aromatic N) is 1. The fourth-order valence-electron chi connectivity index (χ4n) is 3.27. The second kappa shape index (κ2) is 9.94. The van der Waals surface area contributed by atoms with E-state index in [0.29, 0.717) is 13.1 Å². The van der Waals surface area contributed by atoms with Crippen molar-refractivity contribution in [2.45, 2.75) is 20.4 Å². The van der Waals surface area contributed by atoms with Gasteiger partial charge >= 0.3 is 5.97 Å². The molecule has 0 radical (unpaired) electrons. The Morgan fingerprint density at radius 1 is 1.03 bits per heavy atom. The molecule has 30 heavy (non-hydrogen) atoms. The molecule has 0 saturated heterocycles. The number of rotatable bonds is 8. The van der Waals surface area contributed by atoms with E-state index < -0.39 is 5.97 Å². The average Bonchev–Trinajstić information content (AvgIpc) is 2.73. The molecule has 5 nitrogen and oxygen atoms in total. The zero-order valence-corrected chi connectivity index (χ0v) is 17.3. The normalized spacial score (nSPS) is 11.4. The third-order valence-corrected chi connectivity index (χ3v) is 4.99. The number of ether oxygens (including phenoxy) is 1. The van der Waals surface area contributed by atoms with E-state index in [-0.39, 0.29) is 18.1 Å². The van der Waals surface area contributed by atoms with Crippen molar-refractivity contribution in [3.63, 3.8) is 0 Å². The van der Waals surface area contributed by atoms with Crippen LogP contribution in [-0.4, -0.2) is 40.8 Å². The highest BCUT2D eigenvalue weighted by Crippen LogP contribution is 2.22. The number of hydrogen-bond acceptors (Lipinski definition) is 5. The van der Waals surface area contributed by atoms with Crippen LogP contribution in [-0.2, 0) is 16.1 Å². The zero-order valence-electron chi connectivity index (χ0n) is 17.3. The Labute approximate surface area is 176 Å². The first kappa shape index (κ1) is 21.4. The SMILES string of the molecule is CCN(CCOC(=O)/C=C/c1ccc2cc(O)ccc2c1)Cc1cc(C)ccc1O. The molecule has 156 valence electrons. The van der Waals surface area contributed by atoms with Gasteiger partial charge in [-0.3, -0.25) is 4.90 Å². The number of likely N-dealkylation sites (N-methyl/N-ethyl adjacent to an activating group) is 1. The molecule has 0 heterocycles. The number of aryl methyl sites for hydroxylation is 1. The number of phenolic OH excluding ortho intramolecular Hbond substituents is 2. The molecule has 3 rings (SSSR count). The van der Waals surface area contributed by atoms with Gasteiger partial charge in [-0.2, -0.15) is 0 Å². The zero-order chi connectivity index (χ0) is 21.5. The second-order valence-corrected chi connectivity index (χ2v) is 7.29. The first-order valence-electron chi connectivity index (χ1n) is 10.0. The lowest BCUT2D eigenvalue weighted by molar-refractivity contribution is -0.138. The lowest BCUT2D eigenvalue weighted by atomic mass is 10.1. The molecule has 0 aliphatic rings. The van der Waals surface area contributed by atoms with Crippen LogP contribution in [0.3, 0.4) is 0 Å². The van der Waals surface area contributed by atoms with Gasteiger partial charge in [0.2, 0.25) is 0 Å². The quantitative estimate of drug-likeness (QED) is 0.422. The molecular formula is C25H27NO4. The third-order valence-electron chi connectivity index (χ3n) is 4.99. The largest absolute Gasteiger partial charge is 0.508 e. The topological polar surface area (TPSA) is 70.0 Å². The fraction of sp³-hybridized carbons (Fsp3) is 0.240. The van der Waals surface area contributed by atoms with Crippen LogP contribution < -0.4 is 0 Å². The van der Waals surface area contributed by atoms with E-state index in [0.717, 1.165) is 34.0 Å². The van der Waals surface area contributed by atoms with Crippen LogP contribution in [0, 0.1) is 6.92 Å². The smallest absolute Gasteiger partial charge is 0.330 e. The summed E-state index contributed by atoms with van der Waals surface area (Å²) in [5.74, 6) is 0.118. The van der Waals surface area contributed by atoms with E-state index in [9.17, 15) is 15.0 Å². The highest BCUT2D eigenvalue weighted by molar-refractivity contribution is 5.90. The van der Waals surface area contributed by atoms with Gasteiger partial charge in [0, 0.05) is 24.7 Å². The van der Waals surface area contributed by atoms with Gasteiger partial charge in [0.1, 0.15) is 18.1 Å². The van der Waals surface area contributed by atoms with Crippen LogP contribution >= 0.6 is 0 Å². The van der Waals surface area contributed by atoms with Crippen LogP contribution in [0.25, 0.3) is 16.8 Å². The van der Waals surface area contributed by atoms with Gasteiger partial charge < -0.3 is 14.9 Å². The van der Waals surface area contributed by atoms with Gasteiger partial charge in [-0.1, -0.05) is 42.8 Å². The summed E-state index contributed by atoms with van der Waals surface area (Å²) in [6.45, 7) is 6.28. The molecule has 3 aromatic rings. The summed E-state index contributed by atoms with van der Waals surface area (Å²) in [4.78, 5) is 14.2. The van der Waals surface area contributed by atoms with E-state index in [1.807, 2.05) is 50.2 Å². The van der Waals surface area contributed by atoms with Gasteiger partial charge in [-0.05, 0) is 60.1 Å². The van der Waals surface area contributed by atoms with Gasteiger partial charge in [0.15, 0.2) is 0 Å². The van der Waals surface area contributed by atoms with Gasteiger partial charge in [-0.15, -0.1) is 0 Å². The molecule has 0 atom stereocenters. The number of phenols is 2. The van der Waals surface area contributed by atoms with Crippen molar-refractivity contribution in [1.29, 1.82) is 0 Å². The number of fused-ring (bicyclic) bond motifs is 1. The van der Waals surface area contributed by atoms with Crippen LogP contribution in [0.4, 0.5) is 0 Å². The molecule has 0 aliphatic heterocycles. The van der Waals surface area contributed by atoms with Crippen LogP contribution in [0.5, 0.6) is 11.5 Å². The van der Waals surface area contributed by atoms with Gasteiger partial charge in [-0.25, -0.2) is 4.79 Å². The fourth-order valence-corrected chi connectivity index (χ4v) is 3.27. The number of carbonyl (C=O) groups is 1. The van der Waals surface area contributed by atoms with Crippen molar-refractivity contribution in [3.05, 3.63) is 77.4 Å². The lowest BCUT2D eigenvalue weighted by Crippen LogP contribution is -2.27. The maximum Gasteiger partial charge on any atom is 0.330 e. The molecule has 0 aromatic heterocycles. The maximum absolute atomic E-state index is 12.1. The van der Waals surface area contributed by atoms with Crippen molar-refractivity contribution in [3.8, 4) is 11.5 Å². The standard InChI is InChI=1S/C25H27NO4/c1-3-26(17-22-14-18(2)4-10-24(22)28)12-13-30-25(29)11-6-19-5-7-21-16-23(27)9-8-20(21)15-19/h4-11,14-16,27-28H,3,12-13,17H2,1-2H3/b11-6+. The predicted octanol–water partition coefficient (Wildman–Crippen LogP) is 4.64. The average molecular weight is 405 g/mol. The molecule has 0 fully saturated rings. The summed E-state index contributed by atoms with van der Waals surface area (Å²) >= 11 is 0. The Kier molecular flexibility index (Phi) is 7.09. The lowest BCUT2D eigenvalue weighted by Gasteiger charge is -2.20. The summed E-state index contributed by atoms with van der Waals surface area (Å²) in [5.41, 5.74) is 2.85. The molecular weight excluding hydrogens is 378 g/mol. The van der Waals surface area contributed by atoms with Crippen LogP contribution in [0.2, 0.25) is 0 Å². The maximum atomic E-state index is 12.1. The molecule has 2 N–H and O–H groups in total. The van der Waals surface area contributed by atoms with E-state index in [1.165, 1.54) is 6.08 Å². The van der Waals surface area contributed by atoms with Crippen LogP contribution in [0.15, 0.2) is 60.7 Å². The van der Waals surface area contributed by atoms with Gasteiger partial charge in [0.25, 0.3) is 0 Å². The minimum atomic E-state index is -0.393. The van der Waals surface area contributed by atoms with Crippen molar-refractivity contribution < 1.29 is 19.7 Å². The number of hydrogen-bond donors (Lipinski definition) is 2. The molecule has 0 spiro atoms. The number of benzene rings is 3. The van der Waals surface area contributed by atoms with Crippen molar-refractivity contribution >= 4 is 22.8 Å². The van der Waals surface area contributed by atoms with E-state index in [2.05, 4.69) is 4.90 Å². The summed E-state index contributed by atoms with van der Waals surface area (Å²) in [5, 5.41) is 21.5. The monoisotopic (exact) mass is 405 g/mol. The first-order valence-corrected chi connectivity index (χ1v) is 10.0. The second-order valence-electron chi connectivity index (χ2n) is 7.29. The summed E-state index contributed by atoms with van der Waals surface area (Å²) in [6.07, 6.45) is 3.14. The van der Waals surface area contributed by atoms with E-state index in [4.69, 9.17) is 4.74 Å². The predicted molar refractivity (Wildman–Crippen MR) is 119 cm³/mol. The Bertz CT molecular complexity index is 1060. The minimum Gasteiger partial charge on any atom is -0.508 e. The Hall–Kier alpha value is -3.31. The van der Waals surface area contributed by atoms with Crippen molar-refractivity contribution in [1.82, 2.24) is 4.90 Å². The summed E-state index contributed by atoms with van der Waals surface area (Å²) in [6, 6.07) is 16.5.